The van der Waals surface area contributed by atoms with Gasteiger partial charge in [-0.25, -0.2) is 0 Å². The van der Waals surface area contributed by atoms with Crippen LogP contribution in [-0.2, 0) is 11.8 Å². The minimum atomic E-state index is -0.394. The van der Waals surface area contributed by atoms with Crippen molar-refractivity contribution < 1.29 is 14.3 Å². The number of nitrogens with zero attached hydrogens (tertiary/aromatic N) is 3. The summed E-state index contributed by atoms with van der Waals surface area (Å²) in [5.41, 5.74) is 0.980. The Morgan fingerprint density at radius 3 is 2.50 bits per heavy atom. The van der Waals surface area contributed by atoms with Gasteiger partial charge in [0.15, 0.2) is 11.0 Å². The minimum absolute atomic E-state index is 0.104. The lowest BCUT2D eigenvalue weighted by atomic mass is 10.2. The number of aromatic nitrogens is 3. The van der Waals surface area contributed by atoms with Crippen LogP contribution in [0.4, 0.5) is 5.69 Å². The number of hydrogen-bond acceptors (Lipinski definition) is 6. The highest BCUT2D eigenvalue weighted by Crippen LogP contribution is 2.28. The van der Waals surface area contributed by atoms with Gasteiger partial charge in [0.05, 0.1) is 24.6 Å². The molecule has 32 heavy (non-hydrogen) atoms. The quantitative estimate of drug-likeness (QED) is 0.452. The van der Waals surface area contributed by atoms with Gasteiger partial charge in [-0.2, -0.15) is 0 Å². The first kappa shape index (κ1) is 23.9. The fourth-order valence-electron chi connectivity index (χ4n) is 2.87. The van der Waals surface area contributed by atoms with E-state index in [0.717, 1.165) is 0 Å². The fraction of sp³-hybridized carbons (Fsp3) is 0.238. The summed E-state index contributed by atoms with van der Waals surface area (Å²) in [5, 5.41) is 15.5. The highest BCUT2D eigenvalue weighted by atomic mass is 35.5. The zero-order valence-corrected chi connectivity index (χ0v) is 19.9. The Morgan fingerprint density at radius 2 is 1.81 bits per heavy atom. The van der Waals surface area contributed by atoms with E-state index in [2.05, 4.69) is 20.8 Å². The van der Waals surface area contributed by atoms with Crippen LogP contribution in [0.3, 0.4) is 0 Å². The first-order chi connectivity index (χ1) is 15.3. The number of amides is 2. The summed E-state index contributed by atoms with van der Waals surface area (Å²) in [4.78, 5) is 24.8. The summed E-state index contributed by atoms with van der Waals surface area (Å²) < 4.78 is 6.98. The summed E-state index contributed by atoms with van der Waals surface area (Å²) >= 11 is 13.1. The van der Waals surface area contributed by atoms with Crippen LogP contribution in [0.5, 0.6) is 5.75 Å². The van der Waals surface area contributed by atoms with Gasteiger partial charge >= 0.3 is 0 Å². The van der Waals surface area contributed by atoms with E-state index in [-0.39, 0.29) is 17.6 Å². The second-order valence-electron chi connectivity index (χ2n) is 6.78. The lowest BCUT2D eigenvalue weighted by molar-refractivity contribution is -0.113. The zero-order valence-electron chi connectivity index (χ0n) is 17.6. The van der Waals surface area contributed by atoms with Gasteiger partial charge in [0.25, 0.3) is 5.91 Å². The summed E-state index contributed by atoms with van der Waals surface area (Å²) in [6.07, 6.45) is 0. The molecule has 0 spiro atoms. The standard InChI is InChI=1S/C21H21Cl2N5O3S/c1-12(24-20(30)13-4-6-14(22)7-5-13)19-26-27-21(28(19)2)32-11-18(29)25-16-10-15(23)8-9-17(16)31-3/h4-10,12H,11H2,1-3H3,(H,24,30)(H,25,29)/t12-/m0/s1. The molecule has 0 bridgehead atoms. The van der Waals surface area contributed by atoms with Crippen molar-refractivity contribution in [2.45, 2.75) is 18.1 Å². The fourth-order valence-corrected chi connectivity index (χ4v) is 3.89. The molecule has 0 saturated heterocycles. The monoisotopic (exact) mass is 493 g/mol. The molecule has 0 aliphatic carbocycles. The van der Waals surface area contributed by atoms with Crippen molar-refractivity contribution in [3.8, 4) is 5.75 Å². The number of hydrogen-bond donors (Lipinski definition) is 2. The minimum Gasteiger partial charge on any atom is -0.495 e. The maximum atomic E-state index is 12.4. The van der Waals surface area contributed by atoms with Crippen molar-refractivity contribution in [1.29, 1.82) is 0 Å². The van der Waals surface area contributed by atoms with Crippen LogP contribution in [0.25, 0.3) is 0 Å². The molecule has 2 amide bonds. The maximum absolute atomic E-state index is 12.4. The summed E-state index contributed by atoms with van der Waals surface area (Å²) in [7, 11) is 3.29. The lowest BCUT2D eigenvalue weighted by Crippen LogP contribution is -2.28. The largest absolute Gasteiger partial charge is 0.495 e. The number of ether oxygens (including phenoxy) is 1. The molecule has 0 aliphatic heterocycles. The number of rotatable bonds is 8. The van der Waals surface area contributed by atoms with Crippen LogP contribution in [0, 0.1) is 0 Å². The van der Waals surface area contributed by atoms with E-state index in [0.29, 0.717) is 38.0 Å². The van der Waals surface area contributed by atoms with Gasteiger partial charge < -0.3 is 19.9 Å². The number of carbonyl (C=O) groups excluding carboxylic acids is 2. The SMILES string of the molecule is COc1ccc(Cl)cc1NC(=O)CSc1nnc([C@H](C)NC(=O)c2ccc(Cl)cc2)n1C. The average Bonchev–Trinajstić information content (AvgIpc) is 3.13. The number of carbonyl (C=O) groups is 2. The molecule has 0 saturated carbocycles. The number of benzene rings is 2. The van der Waals surface area contributed by atoms with E-state index < -0.39 is 6.04 Å². The molecule has 3 aromatic rings. The molecular weight excluding hydrogens is 473 g/mol. The Balaban J connectivity index is 1.59. The molecule has 0 unspecified atom stereocenters. The molecule has 3 rings (SSSR count). The third kappa shape index (κ3) is 5.93. The van der Waals surface area contributed by atoms with Crippen molar-refractivity contribution in [2.75, 3.05) is 18.2 Å². The molecule has 0 radical (unpaired) electrons. The zero-order chi connectivity index (χ0) is 23.3. The lowest BCUT2D eigenvalue weighted by Gasteiger charge is -2.14. The first-order valence-corrected chi connectivity index (χ1v) is 11.2. The Hall–Kier alpha value is -2.75. The molecular formula is C21H21Cl2N5O3S. The van der Waals surface area contributed by atoms with E-state index in [9.17, 15) is 9.59 Å². The van der Waals surface area contributed by atoms with Gasteiger partial charge in [-0.15, -0.1) is 10.2 Å². The maximum Gasteiger partial charge on any atom is 0.251 e. The summed E-state index contributed by atoms with van der Waals surface area (Å²) in [5.74, 6) is 0.684. The van der Waals surface area contributed by atoms with Crippen LogP contribution >= 0.6 is 35.0 Å². The number of anilines is 1. The Kier molecular flexibility index (Phi) is 8.00. The molecule has 11 heteroatoms. The molecule has 8 nitrogen and oxygen atoms in total. The van der Waals surface area contributed by atoms with Crippen LogP contribution in [-0.4, -0.2) is 39.4 Å². The van der Waals surface area contributed by atoms with Crippen molar-refractivity contribution >= 4 is 52.5 Å². The van der Waals surface area contributed by atoms with E-state index >= 15 is 0 Å². The number of halogens is 2. The number of thioether (sulfide) groups is 1. The van der Waals surface area contributed by atoms with Gasteiger partial charge in [-0.05, 0) is 49.4 Å². The molecule has 1 heterocycles. The van der Waals surface area contributed by atoms with Crippen LogP contribution in [0.1, 0.15) is 29.1 Å². The molecule has 2 N–H and O–H groups in total. The van der Waals surface area contributed by atoms with Crippen molar-refractivity contribution in [2.24, 2.45) is 7.05 Å². The predicted octanol–water partition coefficient (Wildman–Crippen LogP) is 4.35. The van der Waals surface area contributed by atoms with Crippen LogP contribution in [0.15, 0.2) is 47.6 Å². The molecule has 168 valence electrons. The van der Waals surface area contributed by atoms with Crippen LogP contribution in [0.2, 0.25) is 10.0 Å². The second-order valence-corrected chi connectivity index (χ2v) is 8.60. The average molecular weight is 494 g/mol. The van der Waals surface area contributed by atoms with E-state index in [1.807, 2.05) is 6.92 Å². The third-order valence-electron chi connectivity index (χ3n) is 4.48. The second kappa shape index (κ2) is 10.7. The highest BCUT2D eigenvalue weighted by Gasteiger charge is 2.19. The molecule has 1 atom stereocenters. The number of methoxy groups -OCH3 is 1. The molecule has 0 aliphatic rings. The predicted molar refractivity (Wildman–Crippen MR) is 126 cm³/mol. The van der Waals surface area contributed by atoms with Gasteiger partial charge in [-0.1, -0.05) is 35.0 Å². The summed E-state index contributed by atoms with van der Waals surface area (Å²) in [6, 6.07) is 11.2. The smallest absolute Gasteiger partial charge is 0.251 e. The molecule has 1 aromatic heterocycles. The first-order valence-electron chi connectivity index (χ1n) is 9.50. The van der Waals surface area contributed by atoms with Gasteiger partial charge in [-0.3, -0.25) is 9.59 Å². The van der Waals surface area contributed by atoms with Crippen molar-refractivity contribution in [1.82, 2.24) is 20.1 Å². The van der Waals surface area contributed by atoms with Crippen molar-refractivity contribution in [3.05, 3.63) is 63.9 Å². The van der Waals surface area contributed by atoms with Gasteiger partial charge in [0, 0.05) is 22.7 Å². The van der Waals surface area contributed by atoms with Crippen molar-refractivity contribution in [3.63, 3.8) is 0 Å². The van der Waals surface area contributed by atoms with E-state index in [1.165, 1.54) is 18.9 Å². The van der Waals surface area contributed by atoms with E-state index in [1.54, 1.807) is 54.1 Å². The van der Waals surface area contributed by atoms with E-state index in [4.69, 9.17) is 27.9 Å². The Labute approximate surface area is 199 Å². The van der Waals surface area contributed by atoms with Gasteiger partial charge in [0.1, 0.15) is 5.75 Å². The molecule has 2 aromatic carbocycles. The Bertz CT molecular complexity index is 1120. The Morgan fingerprint density at radius 1 is 1.12 bits per heavy atom. The number of nitrogens with one attached hydrogen (secondary N) is 2. The summed E-state index contributed by atoms with van der Waals surface area (Å²) in [6.45, 7) is 1.81. The highest BCUT2D eigenvalue weighted by molar-refractivity contribution is 7.99. The van der Waals surface area contributed by atoms with Crippen LogP contribution < -0.4 is 15.4 Å². The molecule has 0 fully saturated rings. The normalized spacial score (nSPS) is 11.7. The topological polar surface area (TPSA) is 98.1 Å². The van der Waals surface area contributed by atoms with Gasteiger partial charge in [0.2, 0.25) is 5.91 Å². The third-order valence-corrected chi connectivity index (χ3v) is 5.99.